The first kappa shape index (κ1) is 14.4. The summed E-state index contributed by atoms with van der Waals surface area (Å²) in [5, 5.41) is 2.61. The van der Waals surface area contributed by atoms with Crippen molar-refractivity contribution in [3.8, 4) is 0 Å². The zero-order valence-corrected chi connectivity index (χ0v) is 11.8. The lowest BCUT2D eigenvalue weighted by molar-refractivity contribution is -0.113. The average Bonchev–Trinajstić information content (AvgIpc) is 2.42. The van der Waals surface area contributed by atoms with E-state index in [0.29, 0.717) is 11.4 Å². The van der Waals surface area contributed by atoms with Gasteiger partial charge in [0.25, 0.3) is 0 Å². The summed E-state index contributed by atoms with van der Waals surface area (Å²) in [6.07, 6.45) is 0. The molecule has 0 saturated carbocycles. The molecule has 0 atom stereocenters. The molecule has 0 saturated heterocycles. The molecule has 0 radical (unpaired) electrons. The minimum Gasteiger partial charge on any atom is -0.397 e. The maximum absolute atomic E-state index is 13.1. The Morgan fingerprint density at radius 1 is 1.25 bits per heavy atom. The number of nitrogen functional groups attached to an aromatic ring is 1. The van der Waals surface area contributed by atoms with Gasteiger partial charge >= 0.3 is 0 Å². The van der Waals surface area contributed by atoms with Crippen LogP contribution < -0.4 is 11.1 Å². The Balaban J connectivity index is 1.92. The number of carbonyl (C=O) groups is 1. The second kappa shape index (κ2) is 6.43. The number of hydrogen-bond donors (Lipinski definition) is 2. The van der Waals surface area contributed by atoms with Gasteiger partial charge in [0.1, 0.15) is 5.82 Å². The number of amides is 1. The quantitative estimate of drug-likeness (QED) is 0.670. The molecule has 1 amide bonds. The zero-order valence-electron chi connectivity index (χ0n) is 11.0. The minimum atomic E-state index is -0.430. The van der Waals surface area contributed by atoms with E-state index < -0.39 is 5.82 Å². The van der Waals surface area contributed by atoms with Gasteiger partial charge in [-0.25, -0.2) is 4.39 Å². The number of anilines is 2. The van der Waals surface area contributed by atoms with Crippen molar-refractivity contribution in [2.45, 2.75) is 11.8 Å². The summed E-state index contributed by atoms with van der Waals surface area (Å²) in [6.45, 7) is 2.01. The van der Waals surface area contributed by atoms with E-state index >= 15 is 0 Å². The first-order valence-corrected chi connectivity index (χ1v) is 7.07. The second-order valence-electron chi connectivity index (χ2n) is 4.38. The number of aryl methyl sites for hydroxylation is 1. The van der Waals surface area contributed by atoms with Crippen molar-refractivity contribution < 1.29 is 9.18 Å². The van der Waals surface area contributed by atoms with Crippen LogP contribution in [0.4, 0.5) is 15.8 Å². The monoisotopic (exact) mass is 290 g/mol. The second-order valence-corrected chi connectivity index (χ2v) is 5.43. The lowest BCUT2D eigenvalue weighted by Crippen LogP contribution is -2.15. The smallest absolute Gasteiger partial charge is 0.234 e. The molecule has 0 aliphatic heterocycles. The summed E-state index contributed by atoms with van der Waals surface area (Å²) >= 11 is 1.42. The Bertz CT molecular complexity index is 614. The average molecular weight is 290 g/mol. The van der Waals surface area contributed by atoms with E-state index in [0.717, 1.165) is 4.90 Å². The van der Waals surface area contributed by atoms with E-state index in [-0.39, 0.29) is 11.7 Å². The molecule has 3 N–H and O–H groups in total. The van der Waals surface area contributed by atoms with Gasteiger partial charge in [-0.3, -0.25) is 4.79 Å². The number of benzene rings is 2. The van der Waals surface area contributed by atoms with Gasteiger partial charge < -0.3 is 11.1 Å². The molecule has 0 unspecified atom stereocenters. The van der Waals surface area contributed by atoms with Crippen LogP contribution in [-0.4, -0.2) is 11.7 Å². The summed E-state index contributed by atoms with van der Waals surface area (Å²) in [7, 11) is 0. The van der Waals surface area contributed by atoms with E-state index in [9.17, 15) is 9.18 Å². The maximum atomic E-state index is 13.1. The predicted octanol–water partition coefficient (Wildman–Crippen LogP) is 3.45. The van der Waals surface area contributed by atoms with Gasteiger partial charge in [0.15, 0.2) is 0 Å². The van der Waals surface area contributed by atoms with Crippen molar-refractivity contribution in [2.75, 3.05) is 16.8 Å². The van der Waals surface area contributed by atoms with E-state index in [2.05, 4.69) is 5.32 Å². The highest BCUT2D eigenvalue weighted by atomic mass is 32.2. The number of hydrogen-bond acceptors (Lipinski definition) is 3. The molecule has 20 heavy (non-hydrogen) atoms. The molecule has 104 valence electrons. The van der Waals surface area contributed by atoms with Crippen LogP contribution in [0.15, 0.2) is 47.4 Å². The van der Waals surface area contributed by atoms with Gasteiger partial charge in [0.2, 0.25) is 5.91 Å². The van der Waals surface area contributed by atoms with Crippen LogP contribution in [0, 0.1) is 12.7 Å². The van der Waals surface area contributed by atoms with Crippen LogP contribution in [-0.2, 0) is 4.79 Å². The van der Waals surface area contributed by atoms with Crippen LogP contribution in [0.1, 0.15) is 5.56 Å². The number of carbonyl (C=O) groups excluding carboxylic acids is 1. The van der Waals surface area contributed by atoms with Crippen molar-refractivity contribution in [3.05, 3.63) is 53.8 Å². The molecule has 0 bridgehead atoms. The summed E-state index contributed by atoms with van der Waals surface area (Å²) < 4.78 is 13.1. The Morgan fingerprint density at radius 2 is 1.95 bits per heavy atom. The molecule has 0 aliphatic carbocycles. The molecule has 5 heteroatoms. The van der Waals surface area contributed by atoms with Gasteiger partial charge in [-0.05, 0) is 37.3 Å². The van der Waals surface area contributed by atoms with Gasteiger partial charge in [-0.2, -0.15) is 0 Å². The fraction of sp³-hybridized carbons (Fsp3) is 0.133. The van der Waals surface area contributed by atoms with Crippen molar-refractivity contribution in [3.63, 3.8) is 0 Å². The number of halogens is 1. The maximum Gasteiger partial charge on any atom is 0.234 e. The molecule has 0 fully saturated rings. The molecule has 2 aromatic carbocycles. The molecule has 0 spiro atoms. The number of rotatable bonds is 4. The van der Waals surface area contributed by atoms with Crippen LogP contribution in [0.3, 0.4) is 0 Å². The highest BCUT2D eigenvalue weighted by Gasteiger charge is 2.07. The fourth-order valence-corrected chi connectivity index (χ4v) is 2.30. The Labute approximate surface area is 121 Å². The van der Waals surface area contributed by atoms with Gasteiger partial charge in [0, 0.05) is 4.90 Å². The summed E-state index contributed by atoms with van der Waals surface area (Å²) in [4.78, 5) is 12.8. The van der Waals surface area contributed by atoms with Gasteiger partial charge in [-0.15, -0.1) is 11.8 Å². The van der Waals surface area contributed by atoms with Gasteiger partial charge in [-0.1, -0.05) is 17.7 Å². The topological polar surface area (TPSA) is 55.1 Å². The molecule has 2 aromatic rings. The lowest BCUT2D eigenvalue weighted by Gasteiger charge is -2.08. The third-order valence-corrected chi connectivity index (χ3v) is 3.69. The first-order valence-electron chi connectivity index (χ1n) is 6.09. The molecule has 0 heterocycles. The van der Waals surface area contributed by atoms with Crippen LogP contribution in [0.25, 0.3) is 0 Å². The SMILES string of the molecule is Cc1ccc(SCC(=O)Nc2cc(F)ccc2N)cc1. The van der Waals surface area contributed by atoms with Crippen LogP contribution >= 0.6 is 11.8 Å². The van der Waals surface area contributed by atoms with Crippen molar-refractivity contribution in [1.82, 2.24) is 0 Å². The largest absolute Gasteiger partial charge is 0.397 e. The number of nitrogens with one attached hydrogen (secondary N) is 1. The van der Waals surface area contributed by atoms with Crippen LogP contribution in [0.5, 0.6) is 0 Å². The van der Waals surface area contributed by atoms with E-state index in [4.69, 9.17) is 5.73 Å². The van der Waals surface area contributed by atoms with E-state index in [1.54, 1.807) is 0 Å². The third kappa shape index (κ3) is 3.99. The molecular weight excluding hydrogens is 275 g/mol. The molecule has 3 nitrogen and oxygen atoms in total. The highest BCUT2D eigenvalue weighted by molar-refractivity contribution is 8.00. The van der Waals surface area contributed by atoms with E-state index in [1.165, 1.54) is 35.5 Å². The summed E-state index contributed by atoms with van der Waals surface area (Å²) in [5.74, 6) is -0.396. The minimum absolute atomic E-state index is 0.215. The number of thioether (sulfide) groups is 1. The normalized spacial score (nSPS) is 10.3. The van der Waals surface area contributed by atoms with Crippen molar-refractivity contribution >= 4 is 29.0 Å². The lowest BCUT2D eigenvalue weighted by atomic mass is 10.2. The Hall–Kier alpha value is -2.01. The van der Waals surface area contributed by atoms with Crippen molar-refractivity contribution in [1.29, 1.82) is 0 Å². The van der Waals surface area contributed by atoms with Gasteiger partial charge in [0.05, 0.1) is 17.1 Å². The third-order valence-electron chi connectivity index (χ3n) is 2.68. The van der Waals surface area contributed by atoms with Crippen molar-refractivity contribution in [2.24, 2.45) is 0 Å². The number of nitrogens with two attached hydrogens (primary N) is 1. The van der Waals surface area contributed by atoms with E-state index in [1.807, 2.05) is 31.2 Å². The van der Waals surface area contributed by atoms with Crippen LogP contribution in [0.2, 0.25) is 0 Å². The first-order chi connectivity index (χ1) is 9.54. The fourth-order valence-electron chi connectivity index (χ4n) is 1.61. The molecular formula is C15H15FN2OS. The molecule has 2 rings (SSSR count). The Kier molecular flexibility index (Phi) is 4.63. The zero-order chi connectivity index (χ0) is 14.5. The summed E-state index contributed by atoms with van der Waals surface area (Å²) in [5.41, 5.74) is 7.50. The molecule has 0 aromatic heterocycles. The predicted molar refractivity (Wildman–Crippen MR) is 81.3 cm³/mol. The summed E-state index contributed by atoms with van der Waals surface area (Å²) in [6, 6.07) is 11.8. The molecule has 0 aliphatic rings. The highest BCUT2D eigenvalue weighted by Crippen LogP contribution is 2.21. The standard InChI is InChI=1S/C15H15FN2OS/c1-10-2-5-12(6-3-10)20-9-15(19)18-14-8-11(16)4-7-13(14)17/h2-8H,9,17H2,1H3,(H,18,19). The Morgan fingerprint density at radius 3 is 2.65 bits per heavy atom.